The van der Waals surface area contributed by atoms with Crippen molar-refractivity contribution in [2.45, 2.75) is 19.3 Å². The fourth-order valence-electron chi connectivity index (χ4n) is 3.79. The number of hydrogen-bond donors (Lipinski definition) is 0. The van der Waals surface area contributed by atoms with E-state index in [0.717, 1.165) is 17.2 Å². The summed E-state index contributed by atoms with van der Waals surface area (Å²) in [5.41, 5.74) is 4.66. The van der Waals surface area contributed by atoms with Crippen LogP contribution in [0.15, 0.2) is 84.0 Å². The van der Waals surface area contributed by atoms with E-state index in [1.54, 1.807) is 0 Å². The minimum absolute atomic E-state index is 0. The van der Waals surface area contributed by atoms with Crippen LogP contribution < -0.4 is 22.2 Å². The lowest BCUT2D eigenvalue weighted by Gasteiger charge is -2.17. The fourth-order valence-corrected chi connectivity index (χ4v) is 3.79. The number of anilines is 1. The quantitative estimate of drug-likeness (QED) is 0.361. The van der Waals surface area contributed by atoms with Gasteiger partial charge in [0.1, 0.15) is 24.8 Å². The van der Waals surface area contributed by atoms with Gasteiger partial charge in [0.15, 0.2) is 0 Å². The molecule has 0 aromatic heterocycles. The smallest absolute Gasteiger partial charge is 0.212 e. The van der Waals surface area contributed by atoms with Crippen molar-refractivity contribution in [1.82, 2.24) is 0 Å². The second-order valence-electron chi connectivity index (χ2n) is 7.76. The SMILES string of the molecule is CN(N=CC1=[N+](C)c2ccccc2C1(C)C)c1ccc(Oc2ccccc2)cc1.[Cl-]. The molecule has 0 amide bonds. The number of nitrogens with zero attached hydrogens (tertiary/aromatic N) is 3. The zero-order chi connectivity index (χ0) is 20.4. The first-order valence-electron chi connectivity index (χ1n) is 9.78. The van der Waals surface area contributed by atoms with Gasteiger partial charge in [0, 0.05) is 18.7 Å². The van der Waals surface area contributed by atoms with Crippen molar-refractivity contribution < 1.29 is 21.7 Å². The highest BCUT2D eigenvalue weighted by Crippen LogP contribution is 2.38. The molecule has 154 valence electrons. The number of para-hydroxylation sites is 2. The maximum absolute atomic E-state index is 5.86. The van der Waals surface area contributed by atoms with Gasteiger partial charge in [0.2, 0.25) is 11.4 Å². The second kappa shape index (κ2) is 8.72. The Labute approximate surface area is 184 Å². The number of ether oxygens (including phenoxy) is 1. The Balaban J connectivity index is 0.00000256. The van der Waals surface area contributed by atoms with Crippen LogP contribution in [0.5, 0.6) is 11.5 Å². The third-order valence-electron chi connectivity index (χ3n) is 5.48. The molecule has 0 saturated heterocycles. The fraction of sp³-hybridized carbons (Fsp3) is 0.200. The Kier molecular flexibility index (Phi) is 6.28. The van der Waals surface area contributed by atoms with E-state index < -0.39 is 0 Å². The monoisotopic (exact) mass is 419 g/mol. The number of fused-ring (bicyclic) bond motifs is 1. The Hall–Kier alpha value is -3.11. The summed E-state index contributed by atoms with van der Waals surface area (Å²) in [6.45, 7) is 4.48. The van der Waals surface area contributed by atoms with Gasteiger partial charge in [-0.25, -0.2) is 0 Å². The molecule has 4 rings (SSSR count). The average Bonchev–Trinajstić information content (AvgIpc) is 2.93. The van der Waals surface area contributed by atoms with E-state index in [4.69, 9.17) is 9.84 Å². The highest BCUT2D eigenvalue weighted by atomic mass is 35.5. The van der Waals surface area contributed by atoms with Crippen molar-refractivity contribution in [2.24, 2.45) is 5.10 Å². The number of hydrazone groups is 1. The summed E-state index contributed by atoms with van der Waals surface area (Å²) in [5.74, 6) is 1.63. The molecule has 0 bridgehead atoms. The summed E-state index contributed by atoms with van der Waals surface area (Å²) in [7, 11) is 4.06. The molecule has 5 heteroatoms. The minimum Gasteiger partial charge on any atom is -1.00 e. The van der Waals surface area contributed by atoms with E-state index in [1.165, 1.54) is 17.0 Å². The molecule has 0 N–H and O–H groups in total. The van der Waals surface area contributed by atoms with Crippen LogP contribution in [0.1, 0.15) is 19.4 Å². The summed E-state index contributed by atoms with van der Waals surface area (Å²) in [5, 5.41) is 6.59. The van der Waals surface area contributed by atoms with Crippen molar-refractivity contribution in [1.29, 1.82) is 0 Å². The molecule has 1 aliphatic rings. The highest BCUT2D eigenvalue weighted by molar-refractivity contribution is 6.33. The van der Waals surface area contributed by atoms with E-state index in [-0.39, 0.29) is 17.8 Å². The van der Waals surface area contributed by atoms with E-state index in [2.05, 4.69) is 49.7 Å². The first-order valence-corrected chi connectivity index (χ1v) is 9.78. The van der Waals surface area contributed by atoms with Gasteiger partial charge in [-0.15, -0.1) is 0 Å². The second-order valence-corrected chi connectivity index (χ2v) is 7.76. The number of rotatable bonds is 5. The molecule has 0 unspecified atom stereocenters. The largest absolute Gasteiger partial charge is 1.00 e. The summed E-state index contributed by atoms with van der Waals surface area (Å²) in [4.78, 5) is 0. The molecular formula is C25H26ClN3O. The van der Waals surface area contributed by atoms with Crippen LogP contribution in [0, 0.1) is 0 Å². The molecule has 0 saturated carbocycles. The average molecular weight is 420 g/mol. The Bertz CT molecular complexity index is 1070. The zero-order valence-corrected chi connectivity index (χ0v) is 18.5. The summed E-state index contributed by atoms with van der Waals surface area (Å²) >= 11 is 0. The van der Waals surface area contributed by atoms with Crippen molar-refractivity contribution in [2.75, 3.05) is 19.1 Å². The lowest BCUT2D eigenvalue weighted by molar-refractivity contribution is -0.400. The molecular weight excluding hydrogens is 394 g/mol. The Morgan fingerprint density at radius 1 is 0.867 bits per heavy atom. The predicted octanol–water partition coefficient (Wildman–Crippen LogP) is 2.61. The maximum atomic E-state index is 5.86. The van der Waals surface area contributed by atoms with E-state index in [1.807, 2.05) is 72.9 Å². The first-order chi connectivity index (χ1) is 14.0. The molecule has 0 spiro atoms. The van der Waals surface area contributed by atoms with Crippen LogP contribution in [-0.4, -0.2) is 30.6 Å². The van der Waals surface area contributed by atoms with Gasteiger partial charge in [-0.05, 0) is 50.2 Å². The molecule has 3 aromatic rings. The third kappa shape index (κ3) is 4.10. The van der Waals surface area contributed by atoms with Gasteiger partial charge in [-0.2, -0.15) is 9.68 Å². The standard InChI is InChI=1S/C25H26N3O.ClH/c1-25(2)22-12-8-9-13-23(22)27(3)24(25)18-26-28(4)19-14-16-21(17-15-19)29-20-10-6-5-7-11-20;/h5-18H,1-4H3;1H/q+1;/p-1. The van der Waals surface area contributed by atoms with Crippen LogP contribution in [0.4, 0.5) is 11.4 Å². The molecule has 0 atom stereocenters. The van der Waals surface area contributed by atoms with Crippen LogP contribution in [-0.2, 0) is 5.41 Å². The molecule has 0 aliphatic carbocycles. The van der Waals surface area contributed by atoms with Crippen LogP contribution in [0.3, 0.4) is 0 Å². The summed E-state index contributed by atoms with van der Waals surface area (Å²) < 4.78 is 8.09. The Morgan fingerprint density at radius 2 is 1.47 bits per heavy atom. The molecule has 4 nitrogen and oxygen atoms in total. The molecule has 30 heavy (non-hydrogen) atoms. The van der Waals surface area contributed by atoms with Gasteiger partial charge in [0.05, 0.1) is 11.1 Å². The van der Waals surface area contributed by atoms with E-state index in [0.29, 0.717) is 0 Å². The lowest BCUT2D eigenvalue weighted by atomic mass is 9.82. The zero-order valence-electron chi connectivity index (χ0n) is 17.7. The lowest BCUT2D eigenvalue weighted by Crippen LogP contribution is -3.00. The van der Waals surface area contributed by atoms with Gasteiger partial charge < -0.3 is 17.1 Å². The van der Waals surface area contributed by atoms with E-state index >= 15 is 0 Å². The summed E-state index contributed by atoms with van der Waals surface area (Å²) in [6.07, 6.45) is 1.97. The number of hydrogen-bond acceptors (Lipinski definition) is 3. The van der Waals surface area contributed by atoms with Crippen molar-refractivity contribution >= 4 is 23.3 Å². The topological polar surface area (TPSA) is 27.8 Å². The van der Waals surface area contributed by atoms with Crippen LogP contribution in [0.25, 0.3) is 0 Å². The molecule has 1 heterocycles. The Morgan fingerprint density at radius 3 is 2.13 bits per heavy atom. The summed E-state index contributed by atoms with van der Waals surface area (Å²) in [6, 6.07) is 26.3. The van der Waals surface area contributed by atoms with Gasteiger partial charge >= 0.3 is 0 Å². The predicted molar refractivity (Wildman–Crippen MR) is 120 cm³/mol. The highest BCUT2D eigenvalue weighted by Gasteiger charge is 2.43. The molecule has 0 fully saturated rings. The third-order valence-corrected chi connectivity index (χ3v) is 5.48. The first kappa shape index (κ1) is 21.6. The number of halogens is 1. The minimum atomic E-state index is -0.0803. The molecule has 0 radical (unpaired) electrons. The normalized spacial score (nSPS) is 14.4. The maximum Gasteiger partial charge on any atom is 0.212 e. The van der Waals surface area contributed by atoms with Crippen LogP contribution >= 0.6 is 0 Å². The molecule has 3 aromatic carbocycles. The van der Waals surface area contributed by atoms with Crippen molar-refractivity contribution in [3.63, 3.8) is 0 Å². The van der Waals surface area contributed by atoms with Crippen molar-refractivity contribution in [3.05, 3.63) is 84.4 Å². The van der Waals surface area contributed by atoms with Crippen LogP contribution in [0.2, 0.25) is 0 Å². The van der Waals surface area contributed by atoms with Gasteiger partial charge in [-0.1, -0.05) is 36.4 Å². The molecule has 1 aliphatic heterocycles. The van der Waals surface area contributed by atoms with Gasteiger partial charge in [0.25, 0.3) is 0 Å². The number of benzene rings is 3. The van der Waals surface area contributed by atoms with Crippen molar-refractivity contribution in [3.8, 4) is 11.5 Å². The van der Waals surface area contributed by atoms with E-state index in [9.17, 15) is 0 Å². The van der Waals surface area contributed by atoms with Gasteiger partial charge in [-0.3, -0.25) is 5.01 Å².